The van der Waals surface area contributed by atoms with Crippen molar-refractivity contribution in [3.05, 3.63) is 51.6 Å². The van der Waals surface area contributed by atoms with Crippen molar-refractivity contribution in [3.63, 3.8) is 0 Å². The number of aliphatic hydroxyl groups excluding tert-OH is 1. The Morgan fingerprint density at radius 3 is 2.41 bits per heavy atom. The Morgan fingerprint density at radius 1 is 1.13 bits per heavy atom. The molecule has 6 unspecified atom stereocenters. The van der Waals surface area contributed by atoms with E-state index in [1.807, 2.05) is 0 Å². The van der Waals surface area contributed by atoms with Crippen LogP contribution < -0.4 is 16.2 Å². The SMILES string of the molecule is COc1cccc2c1C(=O)c1c(O)c3c(c(O)c1C2=O)CC(O)(C(N)=O)CC3OC1CC(N)C(O)C(C)O1.Cl. The number of aliphatic hydroxyl groups is 2. The van der Waals surface area contributed by atoms with Crippen LogP contribution in [0.2, 0.25) is 0 Å². The predicted molar refractivity (Wildman–Crippen MR) is 136 cm³/mol. The molecule has 12 nitrogen and oxygen atoms in total. The number of hydrogen-bond donors (Lipinski definition) is 6. The van der Waals surface area contributed by atoms with Gasteiger partial charge in [0.15, 0.2) is 12.1 Å². The van der Waals surface area contributed by atoms with Gasteiger partial charge in [-0.3, -0.25) is 14.4 Å². The van der Waals surface area contributed by atoms with Crippen LogP contribution in [0.15, 0.2) is 18.2 Å². The fourth-order valence-corrected chi connectivity index (χ4v) is 5.58. The Kier molecular flexibility index (Phi) is 7.40. The first-order chi connectivity index (χ1) is 17.9. The summed E-state index contributed by atoms with van der Waals surface area (Å²) in [6.07, 6.45) is -4.98. The van der Waals surface area contributed by atoms with Crippen LogP contribution in [-0.4, -0.2) is 75.2 Å². The number of fused-ring (bicyclic) bond motifs is 3. The lowest BCUT2D eigenvalue weighted by Gasteiger charge is -2.41. The molecule has 0 radical (unpaired) electrons. The molecular weight excluding hydrogens is 536 g/mol. The lowest BCUT2D eigenvalue weighted by Crippen LogP contribution is -2.53. The highest BCUT2D eigenvalue weighted by molar-refractivity contribution is 6.31. The van der Waals surface area contributed by atoms with E-state index in [1.165, 1.54) is 25.3 Å². The first-order valence-electron chi connectivity index (χ1n) is 12.0. The molecule has 6 atom stereocenters. The number of methoxy groups -OCH3 is 1. The average Bonchev–Trinajstić information content (AvgIpc) is 2.87. The Hall–Kier alpha value is -3.26. The summed E-state index contributed by atoms with van der Waals surface area (Å²) in [4.78, 5) is 39.3. The van der Waals surface area contributed by atoms with Crippen molar-refractivity contribution in [1.29, 1.82) is 0 Å². The van der Waals surface area contributed by atoms with Crippen LogP contribution in [0.3, 0.4) is 0 Å². The van der Waals surface area contributed by atoms with Crippen molar-refractivity contribution in [2.45, 2.75) is 62.4 Å². The number of carbonyl (C=O) groups excluding carboxylic acids is 3. The number of ketones is 2. The Balaban J connectivity index is 0.00000353. The van der Waals surface area contributed by atoms with Gasteiger partial charge in [-0.25, -0.2) is 0 Å². The van der Waals surface area contributed by atoms with Gasteiger partial charge in [0.1, 0.15) is 22.8 Å². The van der Waals surface area contributed by atoms with Crippen LogP contribution >= 0.6 is 12.4 Å². The van der Waals surface area contributed by atoms with Gasteiger partial charge in [-0.05, 0) is 13.0 Å². The molecule has 39 heavy (non-hydrogen) atoms. The summed E-state index contributed by atoms with van der Waals surface area (Å²) < 4.78 is 17.0. The summed E-state index contributed by atoms with van der Waals surface area (Å²) in [5.41, 5.74) is 7.96. The maximum Gasteiger partial charge on any atom is 0.249 e. The molecule has 210 valence electrons. The highest BCUT2D eigenvalue weighted by Gasteiger charge is 2.50. The van der Waals surface area contributed by atoms with E-state index in [0.717, 1.165) is 0 Å². The second-order valence-electron chi connectivity index (χ2n) is 9.94. The zero-order valence-electron chi connectivity index (χ0n) is 21.0. The number of primary amides is 1. The minimum atomic E-state index is -2.22. The van der Waals surface area contributed by atoms with Crippen LogP contribution in [0.1, 0.15) is 68.8 Å². The number of rotatable bonds is 4. The van der Waals surface area contributed by atoms with E-state index >= 15 is 0 Å². The number of carbonyl (C=O) groups is 3. The van der Waals surface area contributed by atoms with Crippen LogP contribution in [-0.2, 0) is 20.7 Å². The summed E-state index contributed by atoms with van der Waals surface area (Å²) in [5.74, 6) is -3.85. The van der Waals surface area contributed by atoms with Gasteiger partial charge in [0, 0.05) is 42.0 Å². The number of benzene rings is 2. The third kappa shape index (κ3) is 4.33. The molecule has 3 aliphatic rings. The van der Waals surface area contributed by atoms with Crippen molar-refractivity contribution in [2.75, 3.05) is 7.11 Å². The van der Waals surface area contributed by atoms with E-state index < -0.39 is 89.2 Å². The van der Waals surface area contributed by atoms with Crippen molar-refractivity contribution in [3.8, 4) is 17.2 Å². The Morgan fingerprint density at radius 2 is 1.79 bits per heavy atom. The molecule has 13 heteroatoms. The summed E-state index contributed by atoms with van der Waals surface area (Å²) in [6.45, 7) is 1.59. The van der Waals surface area contributed by atoms with E-state index in [0.29, 0.717) is 0 Å². The molecule has 1 heterocycles. The first-order valence-corrected chi connectivity index (χ1v) is 12.0. The highest BCUT2D eigenvalue weighted by Crippen LogP contribution is 2.52. The van der Waals surface area contributed by atoms with Gasteiger partial charge in [-0.2, -0.15) is 0 Å². The zero-order valence-corrected chi connectivity index (χ0v) is 21.9. The number of hydrogen-bond acceptors (Lipinski definition) is 11. The Bertz CT molecular complexity index is 1370. The molecule has 2 aliphatic carbocycles. The second kappa shape index (κ2) is 10.0. The van der Waals surface area contributed by atoms with Gasteiger partial charge < -0.3 is 46.1 Å². The molecule has 0 saturated carbocycles. The third-order valence-electron chi connectivity index (χ3n) is 7.60. The lowest BCUT2D eigenvalue weighted by molar-refractivity contribution is -0.247. The van der Waals surface area contributed by atoms with Gasteiger partial charge in [0.25, 0.3) is 0 Å². The summed E-state index contributed by atoms with van der Waals surface area (Å²) >= 11 is 0. The summed E-state index contributed by atoms with van der Waals surface area (Å²) in [6, 6.07) is 3.67. The van der Waals surface area contributed by atoms with E-state index in [4.69, 9.17) is 25.7 Å². The topological polar surface area (TPSA) is 212 Å². The standard InChI is InChI=1S/C26H28N2O10.ClH/c1-9-20(29)12(27)6-15(37-9)38-14-8-26(35,25(28)34)7-11-17(14)24(33)19-18(22(11)31)21(30)10-4-3-5-13(36-2)16(10)23(19)32;/h3-5,9,12,14-15,20,29,31,33,35H,6-8,27H2,1-2H3,(H2,28,34);1H. The minimum absolute atomic E-state index is 0. The second-order valence-corrected chi connectivity index (χ2v) is 9.94. The van der Waals surface area contributed by atoms with Gasteiger partial charge in [-0.1, -0.05) is 12.1 Å². The quantitative estimate of drug-likeness (QED) is 0.238. The first kappa shape index (κ1) is 28.7. The monoisotopic (exact) mass is 564 g/mol. The largest absolute Gasteiger partial charge is 0.507 e. The number of amides is 1. The number of phenolic OH excluding ortho intramolecular Hbond substituents is 2. The van der Waals surface area contributed by atoms with Crippen LogP contribution in [0.25, 0.3) is 0 Å². The Labute approximate surface area is 228 Å². The molecule has 2 aromatic rings. The predicted octanol–water partition coefficient (Wildman–Crippen LogP) is 0.347. The molecule has 1 saturated heterocycles. The fourth-order valence-electron chi connectivity index (χ4n) is 5.58. The van der Waals surface area contributed by atoms with Crippen molar-refractivity contribution in [2.24, 2.45) is 11.5 Å². The molecule has 0 aromatic heterocycles. The van der Waals surface area contributed by atoms with Gasteiger partial charge in [0.05, 0.1) is 42.1 Å². The zero-order chi connectivity index (χ0) is 27.7. The number of phenols is 2. The van der Waals surface area contributed by atoms with Gasteiger partial charge in [-0.15, -0.1) is 12.4 Å². The fraction of sp³-hybridized carbons (Fsp3) is 0.423. The lowest BCUT2D eigenvalue weighted by atomic mass is 9.72. The van der Waals surface area contributed by atoms with Crippen molar-refractivity contribution >= 4 is 29.9 Å². The van der Waals surface area contributed by atoms with Crippen molar-refractivity contribution in [1.82, 2.24) is 0 Å². The molecule has 5 rings (SSSR count). The maximum atomic E-state index is 13.6. The van der Waals surface area contributed by atoms with E-state index in [2.05, 4.69) is 0 Å². The average molecular weight is 565 g/mol. The number of ether oxygens (including phenoxy) is 3. The van der Waals surface area contributed by atoms with E-state index in [9.17, 15) is 34.8 Å². The normalized spacial score (nSPS) is 29.5. The van der Waals surface area contributed by atoms with Crippen LogP contribution in [0.4, 0.5) is 0 Å². The highest BCUT2D eigenvalue weighted by atomic mass is 35.5. The minimum Gasteiger partial charge on any atom is -0.507 e. The third-order valence-corrected chi connectivity index (χ3v) is 7.60. The molecule has 1 fully saturated rings. The molecule has 2 aromatic carbocycles. The number of nitrogens with two attached hydrogens (primary N) is 2. The van der Waals surface area contributed by atoms with Gasteiger partial charge in [0.2, 0.25) is 11.7 Å². The van der Waals surface area contributed by atoms with Crippen LogP contribution in [0, 0.1) is 0 Å². The van der Waals surface area contributed by atoms with E-state index in [-0.39, 0.29) is 46.8 Å². The molecule has 0 spiro atoms. The number of aromatic hydroxyl groups is 2. The number of halogens is 1. The van der Waals surface area contributed by atoms with Crippen molar-refractivity contribution < 1.29 is 49.0 Å². The van der Waals surface area contributed by atoms with Gasteiger partial charge >= 0.3 is 0 Å². The molecule has 1 aliphatic heterocycles. The van der Waals surface area contributed by atoms with E-state index in [1.54, 1.807) is 6.92 Å². The maximum absolute atomic E-state index is 13.6. The molecule has 0 bridgehead atoms. The molecule has 1 amide bonds. The van der Waals surface area contributed by atoms with Crippen LogP contribution in [0.5, 0.6) is 17.2 Å². The molecule has 8 N–H and O–H groups in total. The smallest absolute Gasteiger partial charge is 0.249 e. The summed E-state index contributed by atoms with van der Waals surface area (Å²) in [5, 5.41) is 43.9. The summed E-state index contributed by atoms with van der Waals surface area (Å²) in [7, 11) is 1.33. The molecular formula is C26H29ClN2O10.